The van der Waals surface area contributed by atoms with Crippen molar-refractivity contribution in [2.24, 2.45) is 0 Å². The standard InChI is InChI=1S/C14H23N3O2S/c1-16(2)20(18,19)15-13-7-9-14(10-8-13)17-11-5-3-4-6-12-17/h7-10,15H,3-6,11-12H2,1-2H3. The van der Waals surface area contributed by atoms with Crippen LogP contribution < -0.4 is 9.62 Å². The van der Waals surface area contributed by atoms with Crippen molar-refractivity contribution in [2.45, 2.75) is 25.7 Å². The van der Waals surface area contributed by atoms with Gasteiger partial charge in [0.15, 0.2) is 0 Å². The Morgan fingerprint density at radius 2 is 1.55 bits per heavy atom. The molecule has 0 aromatic heterocycles. The maximum Gasteiger partial charge on any atom is 0.301 e. The van der Waals surface area contributed by atoms with Crippen LogP contribution in [0.5, 0.6) is 0 Å². The molecule has 0 saturated carbocycles. The second kappa shape index (κ2) is 6.45. The van der Waals surface area contributed by atoms with Crippen molar-refractivity contribution in [3.05, 3.63) is 24.3 Å². The molecule has 0 aliphatic carbocycles. The Balaban J connectivity index is 2.06. The SMILES string of the molecule is CN(C)S(=O)(=O)Nc1ccc(N2CCCCCC2)cc1. The molecule has 0 radical (unpaired) electrons. The Bertz CT molecular complexity index is 518. The maximum absolute atomic E-state index is 11.7. The Kier molecular flexibility index (Phi) is 4.88. The summed E-state index contributed by atoms with van der Waals surface area (Å²) >= 11 is 0. The van der Waals surface area contributed by atoms with Crippen molar-refractivity contribution < 1.29 is 8.42 Å². The van der Waals surface area contributed by atoms with Gasteiger partial charge in [0.2, 0.25) is 0 Å². The van der Waals surface area contributed by atoms with E-state index in [1.165, 1.54) is 45.5 Å². The van der Waals surface area contributed by atoms with Crippen LogP contribution in [0.25, 0.3) is 0 Å². The third-order valence-electron chi connectivity index (χ3n) is 3.57. The number of hydrogen-bond donors (Lipinski definition) is 1. The second-order valence-corrected chi connectivity index (χ2v) is 7.22. The van der Waals surface area contributed by atoms with Gasteiger partial charge in [-0.05, 0) is 37.1 Å². The van der Waals surface area contributed by atoms with Crippen molar-refractivity contribution in [1.82, 2.24) is 4.31 Å². The fourth-order valence-electron chi connectivity index (χ4n) is 2.31. The quantitative estimate of drug-likeness (QED) is 0.927. The summed E-state index contributed by atoms with van der Waals surface area (Å²) in [5.74, 6) is 0. The van der Waals surface area contributed by atoms with Crippen LogP contribution in [0.15, 0.2) is 24.3 Å². The zero-order chi connectivity index (χ0) is 14.6. The monoisotopic (exact) mass is 297 g/mol. The molecule has 5 nitrogen and oxygen atoms in total. The van der Waals surface area contributed by atoms with Gasteiger partial charge in [-0.1, -0.05) is 12.8 Å². The highest BCUT2D eigenvalue weighted by atomic mass is 32.2. The van der Waals surface area contributed by atoms with E-state index in [1.807, 2.05) is 24.3 Å². The van der Waals surface area contributed by atoms with Gasteiger partial charge in [0, 0.05) is 38.6 Å². The second-order valence-electron chi connectivity index (χ2n) is 5.34. The van der Waals surface area contributed by atoms with Crippen LogP contribution in [0.3, 0.4) is 0 Å². The molecule has 1 saturated heterocycles. The smallest absolute Gasteiger partial charge is 0.301 e. The van der Waals surface area contributed by atoms with Crippen LogP contribution in [0.4, 0.5) is 11.4 Å². The zero-order valence-electron chi connectivity index (χ0n) is 12.2. The highest BCUT2D eigenvalue weighted by molar-refractivity contribution is 7.90. The van der Waals surface area contributed by atoms with Crippen molar-refractivity contribution >= 4 is 21.6 Å². The lowest BCUT2D eigenvalue weighted by atomic mass is 10.2. The summed E-state index contributed by atoms with van der Waals surface area (Å²) < 4.78 is 27.2. The zero-order valence-corrected chi connectivity index (χ0v) is 13.0. The molecule has 2 rings (SSSR count). The molecule has 1 aromatic carbocycles. The molecule has 0 atom stereocenters. The fourth-order valence-corrected chi connectivity index (χ4v) is 2.93. The van der Waals surface area contributed by atoms with Crippen LogP contribution in [-0.4, -0.2) is 39.9 Å². The third-order valence-corrected chi connectivity index (χ3v) is 5.02. The van der Waals surface area contributed by atoms with E-state index < -0.39 is 10.2 Å². The first kappa shape index (κ1) is 15.1. The van der Waals surface area contributed by atoms with Gasteiger partial charge in [-0.2, -0.15) is 12.7 Å². The van der Waals surface area contributed by atoms with E-state index in [9.17, 15) is 8.42 Å². The van der Waals surface area contributed by atoms with Crippen LogP contribution in [0, 0.1) is 0 Å². The molecule has 1 aliphatic heterocycles. The first-order valence-electron chi connectivity index (χ1n) is 7.04. The highest BCUT2D eigenvalue weighted by Gasteiger charge is 2.14. The van der Waals surface area contributed by atoms with E-state index in [4.69, 9.17) is 0 Å². The summed E-state index contributed by atoms with van der Waals surface area (Å²) in [4.78, 5) is 2.37. The molecule has 1 heterocycles. The summed E-state index contributed by atoms with van der Waals surface area (Å²) in [6, 6.07) is 7.61. The molecule has 1 N–H and O–H groups in total. The van der Waals surface area contributed by atoms with Crippen molar-refractivity contribution in [1.29, 1.82) is 0 Å². The average Bonchev–Trinajstić information content (AvgIpc) is 2.68. The number of rotatable bonds is 4. The summed E-state index contributed by atoms with van der Waals surface area (Å²) in [5, 5.41) is 0. The Morgan fingerprint density at radius 3 is 2.05 bits per heavy atom. The van der Waals surface area contributed by atoms with Gasteiger partial charge >= 0.3 is 10.2 Å². The Hall–Kier alpha value is -1.27. The average molecular weight is 297 g/mol. The van der Waals surface area contributed by atoms with E-state index in [0.717, 1.165) is 17.4 Å². The minimum absolute atomic E-state index is 0.595. The van der Waals surface area contributed by atoms with Crippen LogP contribution in [0.2, 0.25) is 0 Å². The predicted octanol–water partition coefficient (Wildman–Crippen LogP) is 2.29. The van der Waals surface area contributed by atoms with Crippen LogP contribution in [-0.2, 0) is 10.2 Å². The number of nitrogens with zero attached hydrogens (tertiary/aromatic N) is 2. The van der Waals surface area contributed by atoms with Gasteiger partial charge in [-0.15, -0.1) is 0 Å². The lowest BCUT2D eigenvalue weighted by Crippen LogP contribution is -2.29. The summed E-state index contributed by atoms with van der Waals surface area (Å²) in [5.41, 5.74) is 1.76. The first-order valence-corrected chi connectivity index (χ1v) is 8.48. The number of hydrogen-bond acceptors (Lipinski definition) is 3. The molecule has 0 spiro atoms. The molecular formula is C14H23N3O2S. The largest absolute Gasteiger partial charge is 0.372 e. The summed E-state index contributed by atoms with van der Waals surface area (Å²) in [7, 11) is -0.409. The molecule has 20 heavy (non-hydrogen) atoms. The van der Waals surface area contributed by atoms with E-state index in [-0.39, 0.29) is 0 Å². The van der Waals surface area contributed by atoms with E-state index in [0.29, 0.717) is 5.69 Å². The van der Waals surface area contributed by atoms with Crippen molar-refractivity contribution in [3.63, 3.8) is 0 Å². The maximum atomic E-state index is 11.7. The van der Waals surface area contributed by atoms with Gasteiger partial charge in [0.1, 0.15) is 0 Å². The molecule has 1 aliphatic rings. The molecule has 0 amide bonds. The van der Waals surface area contributed by atoms with Gasteiger partial charge in [-0.25, -0.2) is 0 Å². The highest BCUT2D eigenvalue weighted by Crippen LogP contribution is 2.22. The van der Waals surface area contributed by atoms with E-state index in [1.54, 1.807) is 0 Å². The summed E-state index contributed by atoms with van der Waals surface area (Å²) in [6.07, 6.45) is 5.07. The molecule has 1 aromatic rings. The predicted molar refractivity (Wildman–Crippen MR) is 83.4 cm³/mol. The topological polar surface area (TPSA) is 52.7 Å². The minimum Gasteiger partial charge on any atom is -0.372 e. The molecule has 112 valence electrons. The Labute approximate surface area is 121 Å². The summed E-state index contributed by atoms with van der Waals surface area (Å²) in [6.45, 7) is 2.17. The molecule has 0 unspecified atom stereocenters. The molecule has 6 heteroatoms. The van der Waals surface area contributed by atoms with Gasteiger partial charge < -0.3 is 4.90 Å². The number of nitrogens with one attached hydrogen (secondary N) is 1. The van der Waals surface area contributed by atoms with Crippen molar-refractivity contribution in [3.8, 4) is 0 Å². The van der Waals surface area contributed by atoms with E-state index in [2.05, 4.69) is 9.62 Å². The van der Waals surface area contributed by atoms with E-state index >= 15 is 0 Å². The van der Waals surface area contributed by atoms with Crippen LogP contribution >= 0.6 is 0 Å². The fraction of sp³-hybridized carbons (Fsp3) is 0.571. The molecule has 0 bridgehead atoms. The number of anilines is 2. The van der Waals surface area contributed by atoms with Gasteiger partial charge in [0.05, 0.1) is 0 Å². The van der Waals surface area contributed by atoms with Crippen LogP contribution in [0.1, 0.15) is 25.7 Å². The lowest BCUT2D eigenvalue weighted by molar-refractivity contribution is 0.527. The minimum atomic E-state index is -3.43. The van der Waals surface area contributed by atoms with Gasteiger partial charge in [-0.3, -0.25) is 4.72 Å². The number of benzene rings is 1. The molecular weight excluding hydrogens is 274 g/mol. The van der Waals surface area contributed by atoms with Gasteiger partial charge in [0.25, 0.3) is 0 Å². The lowest BCUT2D eigenvalue weighted by Gasteiger charge is -2.23. The third kappa shape index (κ3) is 3.86. The van der Waals surface area contributed by atoms with Crippen molar-refractivity contribution in [2.75, 3.05) is 36.8 Å². The first-order chi connectivity index (χ1) is 9.49. The normalized spacial score (nSPS) is 17.1. The Morgan fingerprint density at radius 1 is 1.00 bits per heavy atom. The molecule has 1 fully saturated rings.